The lowest BCUT2D eigenvalue weighted by Crippen LogP contribution is -2.62. The maximum Gasteiger partial charge on any atom is 0.460 e. The third kappa shape index (κ3) is 4.49. The summed E-state index contributed by atoms with van der Waals surface area (Å²) in [7, 11) is 0. The van der Waals surface area contributed by atoms with E-state index in [9.17, 15) is 44.6 Å². The lowest BCUT2D eigenvalue weighted by Gasteiger charge is -2.37. The van der Waals surface area contributed by atoms with Crippen molar-refractivity contribution in [1.29, 1.82) is 0 Å². The first-order valence-corrected chi connectivity index (χ1v) is 8.09. The van der Waals surface area contributed by atoms with Gasteiger partial charge in [0.25, 0.3) is 0 Å². The molecule has 162 valence electrons. The SMILES string of the molecule is CCC(C)Oc1ccccc1C(C)(O)CC(F)(F)C(F)(F)C(F)(F)C(F)(F)F. The van der Waals surface area contributed by atoms with E-state index in [1.54, 1.807) is 13.8 Å². The maximum atomic E-state index is 13.9. The molecule has 0 saturated carbocycles. The summed E-state index contributed by atoms with van der Waals surface area (Å²) in [5.74, 6) is -19.9. The van der Waals surface area contributed by atoms with Gasteiger partial charge in [-0.2, -0.15) is 39.5 Å². The molecule has 1 rings (SSSR count). The molecule has 2 nitrogen and oxygen atoms in total. The Balaban J connectivity index is 3.31. The number of rotatable bonds is 8. The largest absolute Gasteiger partial charge is 0.490 e. The highest BCUT2D eigenvalue weighted by molar-refractivity contribution is 5.38. The van der Waals surface area contributed by atoms with E-state index >= 15 is 0 Å². The lowest BCUT2D eigenvalue weighted by atomic mass is 9.85. The number of aliphatic hydroxyl groups is 1. The van der Waals surface area contributed by atoms with Crippen LogP contribution >= 0.6 is 0 Å². The van der Waals surface area contributed by atoms with E-state index in [1.807, 2.05) is 0 Å². The molecule has 1 aromatic rings. The zero-order valence-corrected chi connectivity index (χ0v) is 15.1. The van der Waals surface area contributed by atoms with Gasteiger partial charge in [-0.25, -0.2) is 0 Å². The summed E-state index contributed by atoms with van der Waals surface area (Å²) in [6, 6.07) is 4.85. The van der Waals surface area contributed by atoms with E-state index in [1.165, 1.54) is 18.2 Å². The van der Waals surface area contributed by atoms with Crippen molar-refractivity contribution >= 4 is 0 Å². The second-order valence-corrected chi connectivity index (χ2v) is 6.63. The molecule has 0 amide bonds. The van der Waals surface area contributed by atoms with Gasteiger partial charge in [0.05, 0.1) is 18.1 Å². The van der Waals surface area contributed by atoms with Crippen LogP contribution in [-0.2, 0) is 5.60 Å². The Morgan fingerprint density at radius 2 is 1.43 bits per heavy atom. The number of ether oxygens (including phenoxy) is 1. The molecule has 0 aliphatic carbocycles. The molecule has 0 fully saturated rings. The van der Waals surface area contributed by atoms with Gasteiger partial charge in [-0.15, -0.1) is 0 Å². The third-order valence-electron chi connectivity index (χ3n) is 4.15. The molecule has 1 N–H and O–H groups in total. The quantitative estimate of drug-likeness (QED) is 0.522. The fourth-order valence-electron chi connectivity index (χ4n) is 2.36. The Labute approximate surface area is 155 Å². The summed E-state index contributed by atoms with van der Waals surface area (Å²) in [6.07, 6.45) is -9.35. The summed E-state index contributed by atoms with van der Waals surface area (Å²) in [5.41, 5.74) is -3.36. The van der Waals surface area contributed by atoms with E-state index in [2.05, 4.69) is 0 Å². The van der Waals surface area contributed by atoms with Crippen LogP contribution in [0.2, 0.25) is 0 Å². The molecule has 2 unspecified atom stereocenters. The van der Waals surface area contributed by atoms with Crippen LogP contribution in [-0.4, -0.2) is 35.2 Å². The van der Waals surface area contributed by atoms with E-state index in [0.29, 0.717) is 13.3 Å². The molecule has 0 bridgehead atoms. The van der Waals surface area contributed by atoms with Crippen molar-refractivity contribution < 1.29 is 49.4 Å². The molecular formula is C17H19F9O2. The number of hydrogen-bond donors (Lipinski definition) is 1. The minimum atomic E-state index is -7.01. The predicted molar refractivity (Wildman–Crippen MR) is 81.9 cm³/mol. The van der Waals surface area contributed by atoms with Crippen molar-refractivity contribution in [2.75, 3.05) is 0 Å². The third-order valence-corrected chi connectivity index (χ3v) is 4.15. The van der Waals surface area contributed by atoms with Crippen molar-refractivity contribution in [2.45, 2.75) is 69.3 Å². The lowest BCUT2D eigenvalue weighted by molar-refractivity contribution is -0.400. The highest BCUT2D eigenvalue weighted by Crippen LogP contribution is 2.56. The molecular weight excluding hydrogens is 407 g/mol. The van der Waals surface area contributed by atoms with Gasteiger partial charge >= 0.3 is 23.9 Å². The van der Waals surface area contributed by atoms with Crippen molar-refractivity contribution in [3.63, 3.8) is 0 Å². The summed E-state index contributed by atoms with van der Waals surface area (Å²) in [6.45, 7) is 3.89. The van der Waals surface area contributed by atoms with Crippen molar-refractivity contribution in [3.05, 3.63) is 29.8 Å². The van der Waals surface area contributed by atoms with Gasteiger partial charge in [0.2, 0.25) is 0 Å². The highest BCUT2D eigenvalue weighted by Gasteiger charge is 2.82. The average molecular weight is 426 g/mol. The molecule has 0 aliphatic heterocycles. The smallest absolute Gasteiger partial charge is 0.460 e. The number of benzene rings is 1. The fraction of sp³-hybridized carbons (Fsp3) is 0.647. The second-order valence-electron chi connectivity index (χ2n) is 6.63. The molecule has 1 aromatic carbocycles. The van der Waals surface area contributed by atoms with Crippen LogP contribution in [0, 0.1) is 0 Å². The monoisotopic (exact) mass is 426 g/mol. The van der Waals surface area contributed by atoms with E-state index in [4.69, 9.17) is 4.74 Å². The summed E-state index contributed by atoms with van der Waals surface area (Å²) in [5, 5.41) is 10.3. The second kappa shape index (κ2) is 7.64. The Morgan fingerprint density at radius 1 is 0.929 bits per heavy atom. The van der Waals surface area contributed by atoms with Gasteiger partial charge in [-0.05, 0) is 26.3 Å². The van der Waals surface area contributed by atoms with Crippen molar-refractivity contribution in [3.8, 4) is 5.75 Å². The van der Waals surface area contributed by atoms with E-state index in [0.717, 1.165) is 6.07 Å². The first-order chi connectivity index (χ1) is 12.4. The molecule has 0 aromatic heterocycles. The standard InChI is InChI=1S/C17H19F9O2/c1-4-10(2)28-12-8-6-5-7-11(12)13(3,27)9-14(18,19)15(20,21)16(22,23)17(24,25)26/h5-8,10,27H,4,9H2,1-3H3. The van der Waals surface area contributed by atoms with Crippen LogP contribution in [0.4, 0.5) is 39.5 Å². The van der Waals surface area contributed by atoms with Gasteiger partial charge in [0, 0.05) is 5.56 Å². The minimum absolute atomic E-state index is 0.191. The molecule has 2 atom stereocenters. The van der Waals surface area contributed by atoms with Crippen LogP contribution in [0.3, 0.4) is 0 Å². The first kappa shape index (κ1) is 24.4. The number of hydrogen-bond acceptors (Lipinski definition) is 2. The van der Waals surface area contributed by atoms with Crippen LogP contribution in [0.15, 0.2) is 24.3 Å². The Morgan fingerprint density at radius 3 is 1.89 bits per heavy atom. The number of para-hydroxylation sites is 1. The number of halogens is 9. The summed E-state index contributed by atoms with van der Waals surface area (Å²) < 4.78 is 123. The van der Waals surface area contributed by atoms with Crippen molar-refractivity contribution in [2.24, 2.45) is 0 Å². The minimum Gasteiger partial charge on any atom is -0.490 e. The normalized spacial score (nSPS) is 17.2. The zero-order chi connectivity index (χ0) is 22.2. The zero-order valence-electron chi connectivity index (χ0n) is 15.1. The van der Waals surface area contributed by atoms with Crippen LogP contribution < -0.4 is 4.74 Å². The topological polar surface area (TPSA) is 29.5 Å². The molecule has 28 heavy (non-hydrogen) atoms. The van der Waals surface area contributed by atoms with Crippen molar-refractivity contribution in [1.82, 2.24) is 0 Å². The first-order valence-electron chi connectivity index (χ1n) is 8.09. The van der Waals surface area contributed by atoms with Crippen LogP contribution in [0.5, 0.6) is 5.75 Å². The molecule has 0 radical (unpaired) electrons. The highest BCUT2D eigenvalue weighted by atomic mass is 19.4. The summed E-state index contributed by atoms with van der Waals surface area (Å²) in [4.78, 5) is 0. The average Bonchev–Trinajstić information content (AvgIpc) is 2.52. The number of alkyl halides is 9. The maximum absolute atomic E-state index is 13.9. The molecule has 11 heteroatoms. The molecule has 0 saturated heterocycles. The van der Waals surface area contributed by atoms with Gasteiger partial charge in [0.1, 0.15) is 5.75 Å². The predicted octanol–water partition coefficient (Wildman–Crippen LogP) is 5.93. The van der Waals surface area contributed by atoms with Gasteiger partial charge in [-0.1, -0.05) is 25.1 Å². The van der Waals surface area contributed by atoms with Gasteiger partial charge in [0.15, 0.2) is 0 Å². The molecule has 0 spiro atoms. The molecule has 0 aliphatic rings. The Hall–Kier alpha value is -1.65. The Bertz CT molecular complexity index is 669. The molecule has 0 heterocycles. The van der Waals surface area contributed by atoms with Crippen LogP contribution in [0.25, 0.3) is 0 Å². The Kier molecular flexibility index (Phi) is 6.66. The summed E-state index contributed by atoms with van der Waals surface area (Å²) >= 11 is 0. The van der Waals surface area contributed by atoms with Crippen LogP contribution in [0.1, 0.15) is 39.2 Å². The fourth-order valence-corrected chi connectivity index (χ4v) is 2.36. The van der Waals surface area contributed by atoms with E-state index in [-0.39, 0.29) is 5.75 Å². The van der Waals surface area contributed by atoms with Gasteiger partial charge in [-0.3, -0.25) is 0 Å². The van der Waals surface area contributed by atoms with Gasteiger partial charge < -0.3 is 9.84 Å². The van der Waals surface area contributed by atoms with E-state index < -0.39 is 47.6 Å².